The van der Waals surface area contributed by atoms with Crippen molar-refractivity contribution in [2.45, 2.75) is 26.3 Å². The van der Waals surface area contributed by atoms with Crippen molar-refractivity contribution < 1.29 is 4.79 Å². The van der Waals surface area contributed by atoms with E-state index in [4.69, 9.17) is 5.73 Å². The number of carbonyl (C=O) groups excluding carboxylic acids is 1. The Morgan fingerprint density at radius 2 is 1.85 bits per heavy atom. The second kappa shape index (κ2) is 6.75. The predicted molar refractivity (Wildman–Crippen MR) is 82.2 cm³/mol. The van der Waals surface area contributed by atoms with Crippen molar-refractivity contribution in [1.82, 2.24) is 5.32 Å². The molecule has 2 rings (SSSR count). The number of amides is 1. The van der Waals surface area contributed by atoms with E-state index >= 15 is 0 Å². The Labute approximate surface area is 119 Å². The normalized spacial score (nSPS) is 10.2. The van der Waals surface area contributed by atoms with Gasteiger partial charge in [-0.3, -0.25) is 4.79 Å². The van der Waals surface area contributed by atoms with Gasteiger partial charge in [0.05, 0.1) is 0 Å². The second-order valence-corrected chi connectivity index (χ2v) is 5.01. The Balaban J connectivity index is 1.77. The van der Waals surface area contributed by atoms with Gasteiger partial charge in [-0.25, -0.2) is 0 Å². The maximum atomic E-state index is 11.8. The lowest BCUT2D eigenvalue weighted by Crippen LogP contribution is -2.22. The summed E-state index contributed by atoms with van der Waals surface area (Å²) in [5.74, 6) is 0.0630. The monoisotopic (exact) mass is 268 g/mol. The first kappa shape index (κ1) is 14.1. The molecule has 0 aliphatic carbocycles. The number of rotatable bonds is 5. The highest BCUT2D eigenvalue weighted by Gasteiger charge is 2.02. The quantitative estimate of drug-likeness (QED) is 0.819. The molecule has 3 nitrogen and oxygen atoms in total. The van der Waals surface area contributed by atoms with E-state index in [0.29, 0.717) is 19.4 Å². The number of nitrogens with two attached hydrogens (primary N) is 1. The Bertz CT molecular complexity index is 576. The van der Waals surface area contributed by atoms with Crippen LogP contribution < -0.4 is 11.1 Å². The van der Waals surface area contributed by atoms with Crippen LogP contribution in [-0.2, 0) is 17.8 Å². The molecule has 0 aromatic heterocycles. The lowest BCUT2D eigenvalue weighted by molar-refractivity contribution is -0.121. The van der Waals surface area contributed by atoms with Gasteiger partial charge in [0.15, 0.2) is 0 Å². The molecule has 0 aliphatic rings. The van der Waals surface area contributed by atoms with Crippen LogP contribution in [0.3, 0.4) is 0 Å². The van der Waals surface area contributed by atoms with Gasteiger partial charge in [0.25, 0.3) is 0 Å². The molecular weight excluding hydrogens is 248 g/mol. The second-order valence-electron chi connectivity index (χ2n) is 5.01. The van der Waals surface area contributed by atoms with Gasteiger partial charge in [-0.15, -0.1) is 0 Å². The number of anilines is 1. The average Bonchev–Trinajstić information content (AvgIpc) is 2.45. The molecule has 0 heterocycles. The summed E-state index contributed by atoms with van der Waals surface area (Å²) in [5, 5.41) is 2.93. The summed E-state index contributed by atoms with van der Waals surface area (Å²) in [6.45, 7) is 2.63. The number of carbonyl (C=O) groups is 1. The van der Waals surface area contributed by atoms with Gasteiger partial charge < -0.3 is 11.1 Å². The molecule has 0 saturated heterocycles. The van der Waals surface area contributed by atoms with E-state index in [1.165, 1.54) is 5.56 Å². The molecule has 0 saturated carbocycles. The highest BCUT2D eigenvalue weighted by atomic mass is 16.1. The van der Waals surface area contributed by atoms with Crippen LogP contribution in [0.1, 0.15) is 23.1 Å². The van der Waals surface area contributed by atoms with Gasteiger partial charge in [0.2, 0.25) is 5.91 Å². The standard InChI is InChI=1S/C17H20N2O/c1-13-5-7-15(8-6-13)12-19-17(20)10-9-14-3-2-4-16(18)11-14/h2-8,11H,9-10,12,18H2,1H3,(H,19,20). The summed E-state index contributed by atoms with van der Waals surface area (Å²) < 4.78 is 0. The van der Waals surface area contributed by atoms with E-state index in [1.807, 2.05) is 55.5 Å². The molecule has 2 aromatic carbocycles. The number of nitrogens with one attached hydrogen (secondary N) is 1. The predicted octanol–water partition coefficient (Wildman–Crippen LogP) is 2.83. The van der Waals surface area contributed by atoms with Crippen LogP contribution in [0.2, 0.25) is 0 Å². The number of hydrogen-bond donors (Lipinski definition) is 2. The van der Waals surface area contributed by atoms with Gasteiger partial charge in [0, 0.05) is 18.7 Å². The third kappa shape index (κ3) is 4.43. The highest BCUT2D eigenvalue weighted by Crippen LogP contribution is 2.09. The molecule has 3 heteroatoms. The topological polar surface area (TPSA) is 55.1 Å². The molecule has 3 N–H and O–H groups in total. The average molecular weight is 268 g/mol. The number of aryl methyl sites for hydroxylation is 2. The maximum Gasteiger partial charge on any atom is 0.220 e. The van der Waals surface area contributed by atoms with Gasteiger partial charge in [-0.1, -0.05) is 42.0 Å². The lowest BCUT2D eigenvalue weighted by atomic mass is 10.1. The van der Waals surface area contributed by atoms with Gasteiger partial charge in [0.1, 0.15) is 0 Å². The smallest absolute Gasteiger partial charge is 0.220 e. The van der Waals surface area contributed by atoms with Crippen molar-refractivity contribution in [3.05, 3.63) is 65.2 Å². The third-order valence-electron chi connectivity index (χ3n) is 3.20. The van der Waals surface area contributed by atoms with Crippen molar-refractivity contribution in [2.75, 3.05) is 5.73 Å². The molecule has 0 radical (unpaired) electrons. The minimum atomic E-state index is 0.0630. The molecule has 0 atom stereocenters. The Morgan fingerprint density at radius 1 is 1.10 bits per heavy atom. The van der Waals surface area contributed by atoms with Crippen LogP contribution in [0.15, 0.2) is 48.5 Å². The van der Waals surface area contributed by atoms with E-state index in [1.54, 1.807) is 0 Å². The molecule has 0 fully saturated rings. The van der Waals surface area contributed by atoms with Crippen molar-refractivity contribution in [2.24, 2.45) is 0 Å². The fraction of sp³-hybridized carbons (Fsp3) is 0.235. The van der Waals surface area contributed by atoms with E-state index in [-0.39, 0.29) is 5.91 Å². The van der Waals surface area contributed by atoms with Crippen LogP contribution in [0.25, 0.3) is 0 Å². The third-order valence-corrected chi connectivity index (χ3v) is 3.20. The summed E-state index contributed by atoms with van der Waals surface area (Å²) >= 11 is 0. The number of hydrogen-bond acceptors (Lipinski definition) is 2. The van der Waals surface area contributed by atoms with E-state index in [2.05, 4.69) is 5.32 Å². The zero-order valence-electron chi connectivity index (χ0n) is 11.7. The minimum absolute atomic E-state index is 0.0630. The van der Waals surface area contributed by atoms with Crippen LogP contribution in [0, 0.1) is 6.92 Å². The zero-order valence-corrected chi connectivity index (χ0v) is 11.7. The molecule has 0 aliphatic heterocycles. The summed E-state index contributed by atoms with van der Waals surface area (Å²) in [7, 11) is 0. The molecule has 1 amide bonds. The largest absolute Gasteiger partial charge is 0.399 e. The van der Waals surface area contributed by atoms with E-state index < -0.39 is 0 Å². The lowest BCUT2D eigenvalue weighted by Gasteiger charge is -2.06. The van der Waals surface area contributed by atoms with Crippen molar-refractivity contribution in [3.8, 4) is 0 Å². The molecule has 0 unspecified atom stereocenters. The number of benzene rings is 2. The van der Waals surface area contributed by atoms with Gasteiger partial charge >= 0.3 is 0 Å². The fourth-order valence-corrected chi connectivity index (χ4v) is 2.00. The fourth-order valence-electron chi connectivity index (χ4n) is 2.00. The van der Waals surface area contributed by atoms with Crippen molar-refractivity contribution in [3.63, 3.8) is 0 Å². The summed E-state index contributed by atoms with van der Waals surface area (Å²) in [5.41, 5.74) is 9.89. The first-order valence-electron chi connectivity index (χ1n) is 6.80. The first-order valence-corrected chi connectivity index (χ1v) is 6.80. The van der Waals surface area contributed by atoms with E-state index in [0.717, 1.165) is 16.8 Å². The molecule has 0 spiro atoms. The number of nitrogen functional groups attached to an aromatic ring is 1. The van der Waals surface area contributed by atoms with Gasteiger partial charge in [-0.05, 0) is 36.6 Å². The Hall–Kier alpha value is -2.29. The minimum Gasteiger partial charge on any atom is -0.399 e. The zero-order chi connectivity index (χ0) is 14.4. The Morgan fingerprint density at radius 3 is 2.55 bits per heavy atom. The molecule has 0 bridgehead atoms. The summed E-state index contributed by atoms with van der Waals surface area (Å²) in [6.07, 6.45) is 1.19. The Kier molecular flexibility index (Phi) is 4.77. The summed E-state index contributed by atoms with van der Waals surface area (Å²) in [6, 6.07) is 15.8. The molecular formula is C17H20N2O. The van der Waals surface area contributed by atoms with Crippen LogP contribution in [-0.4, -0.2) is 5.91 Å². The molecule has 2 aromatic rings. The maximum absolute atomic E-state index is 11.8. The van der Waals surface area contributed by atoms with Crippen molar-refractivity contribution >= 4 is 11.6 Å². The van der Waals surface area contributed by atoms with E-state index in [9.17, 15) is 4.79 Å². The SMILES string of the molecule is Cc1ccc(CNC(=O)CCc2cccc(N)c2)cc1. The van der Waals surface area contributed by atoms with Crippen LogP contribution in [0.5, 0.6) is 0 Å². The molecule has 104 valence electrons. The first-order chi connectivity index (χ1) is 9.63. The van der Waals surface area contributed by atoms with Crippen LogP contribution in [0.4, 0.5) is 5.69 Å². The van der Waals surface area contributed by atoms with Gasteiger partial charge in [-0.2, -0.15) is 0 Å². The van der Waals surface area contributed by atoms with Crippen LogP contribution >= 0.6 is 0 Å². The summed E-state index contributed by atoms with van der Waals surface area (Å²) in [4.78, 5) is 11.8. The van der Waals surface area contributed by atoms with Crippen molar-refractivity contribution in [1.29, 1.82) is 0 Å². The highest BCUT2D eigenvalue weighted by molar-refractivity contribution is 5.76. The molecule has 20 heavy (non-hydrogen) atoms.